The summed E-state index contributed by atoms with van der Waals surface area (Å²) < 4.78 is 54.0. The average molecular weight is 408 g/mol. The predicted molar refractivity (Wildman–Crippen MR) is 100 cm³/mol. The molecule has 146 valence electrons. The zero-order valence-corrected chi connectivity index (χ0v) is 15.7. The molecule has 0 radical (unpaired) electrons. The van der Waals surface area contributed by atoms with Crippen LogP contribution in [0.5, 0.6) is 5.75 Å². The molecule has 0 amide bonds. The van der Waals surface area contributed by atoms with E-state index >= 15 is 0 Å². The SMILES string of the molecule is COc1ccc(C2Nc3cccc(Cl)c3[C@@](C#CC3CC3)(C(F)(F)F)O2)cc1. The Bertz CT molecular complexity index is 945. The number of rotatable bonds is 2. The van der Waals surface area contributed by atoms with E-state index < -0.39 is 18.0 Å². The second kappa shape index (κ2) is 6.91. The van der Waals surface area contributed by atoms with E-state index in [4.69, 9.17) is 21.1 Å². The number of alkyl halides is 3. The van der Waals surface area contributed by atoms with Gasteiger partial charge in [0.05, 0.1) is 12.1 Å². The van der Waals surface area contributed by atoms with Gasteiger partial charge in [0.2, 0.25) is 0 Å². The molecule has 1 saturated carbocycles. The summed E-state index contributed by atoms with van der Waals surface area (Å²) in [5, 5.41) is 2.97. The van der Waals surface area contributed by atoms with Gasteiger partial charge in [-0.1, -0.05) is 41.6 Å². The van der Waals surface area contributed by atoms with Crippen LogP contribution in [0, 0.1) is 17.8 Å². The van der Waals surface area contributed by atoms with Gasteiger partial charge >= 0.3 is 6.18 Å². The molecule has 1 N–H and O–H groups in total. The number of hydrogen-bond acceptors (Lipinski definition) is 3. The van der Waals surface area contributed by atoms with Gasteiger partial charge in [0.1, 0.15) is 5.75 Å². The van der Waals surface area contributed by atoms with E-state index in [9.17, 15) is 13.2 Å². The molecule has 0 saturated heterocycles. The predicted octanol–water partition coefficient (Wildman–Crippen LogP) is 5.66. The fourth-order valence-corrected chi connectivity index (χ4v) is 3.45. The van der Waals surface area contributed by atoms with Gasteiger partial charge in [0.15, 0.2) is 6.23 Å². The van der Waals surface area contributed by atoms with Gasteiger partial charge in [0, 0.05) is 22.7 Å². The lowest BCUT2D eigenvalue weighted by Gasteiger charge is -2.41. The van der Waals surface area contributed by atoms with Crippen molar-refractivity contribution in [1.29, 1.82) is 0 Å². The summed E-state index contributed by atoms with van der Waals surface area (Å²) >= 11 is 6.19. The molecule has 1 fully saturated rings. The van der Waals surface area contributed by atoms with E-state index in [0.29, 0.717) is 11.3 Å². The smallest absolute Gasteiger partial charge is 0.433 e. The molecule has 0 bridgehead atoms. The lowest BCUT2D eigenvalue weighted by atomic mass is 9.89. The molecule has 1 aliphatic carbocycles. The highest BCUT2D eigenvalue weighted by Gasteiger charge is 2.61. The number of benzene rings is 2. The van der Waals surface area contributed by atoms with Crippen LogP contribution in [-0.4, -0.2) is 13.3 Å². The third-order valence-electron chi connectivity index (χ3n) is 4.79. The summed E-state index contributed by atoms with van der Waals surface area (Å²) in [5.41, 5.74) is -2.23. The highest BCUT2D eigenvalue weighted by atomic mass is 35.5. The monoisotopic (exact) mass is 407 g/mol. The molecule has 2 aliphatic rings. The standard InChI is InChI=1S/C21H17ClF3NO2/c1-27-15-9-7-14(8-10-15)19-26-17-4-2-3-16(22)18(17)20(28-19,21(23,24)25)12-11-13-5-6-13/h2-4,7-10,13,19,26H,5-6H2,1H3/t19?,20-/m0/s1. The first-order chi connectivity index (χ1) is 13.3. The number of anilines is 1. The topological polar surface area (TPSA) is 30.5 Å². The Morgan fingerprint density at radius 3 is 2.50 bits per heavy atom. The summed E-state index contributed by atoms with van der Waals surface area (Å²) in [4.78, 5) is 0. The van der Waals surface area contributed by atoms with Crippen LogP contribution in [0.1, 0.15) is 30.2 Å². The van der Waals surface area contributed by atoms with Crippen LogP contribution in [0.15, 0.2) is 42.5 Å². The van der Waals surface area contributed by atoms with Crippen LogP contribution in [0.25, 0.3) is 0 Å². The third-order valence-corrected chi connectivity index (χ3v) is 5.11. The fraction of sp³-hybridized carbons (Fsp3) is 0.333. The van der Waals surface area contributed by atoms with Crippen molar-refractivity contribution in [3.8, 4) is 17.6 Å². The van der Waals surface area contributed by atoms with Gasteiger partial charge in [-0.2, -0.15) is 13.2 Å². The molecule has 1 heterocycles. The number of fused-ring (bicyclic) bond motifs is 1. The largest absolute Gasteiger partial charge is 0.497 e. The van der Waals surface area contributed by atoms with E-state index in [-0.39, 0.29) is 22.2 Å². The molecular weight excluding hydrogens is 391 g/mol. The molecule has 1 unspecified atom stereocenters. The van der Waals surface area contributed by atoms with Gasteiger partial charge in [-0.25, -0.2) is 0 Å². The molecule has 0 spiro atoms. The number of hydrogen-bond donors (Lipinski definition) is 1. The zero-order valence-electron chi connectivity index (χ0n) is 14.9. The molecule has 2 atom stereocenters. The van der Waals surface area contributed by atoms with Crippen molar-refractivity contribution in [2.75, 3.05) is 12.4 Å². The maximum absolute atomic E-state index is 14.4. The van der Waals surface area contributed by atoms with E-state index in [1.165, 1.54) is 13.2 Å². The normalized spacial score (nSPS) is 23.8. The number of halogens is 4. The first-order valence-corrected chi connectivity index (χ1v) is 9.18. The summed E-state index contributed by atoms with van der Waals surface area (Å²) in [5.74, 6) is 5.71. The maximum atomic E-state index is 14.4. The average Bonchev–Trinajstić information content (AvgIpc) is 3.49. The number of methoxy groups -OCH3 is 1. The van der Waals surface area contributed by atoms with Crippen LogP contribution < -0.4 is 10.1 Å². The van der Waals surface area contributed by atoms with Gasteiger partial charge in [-0.05, 0) is 37.1 Å². The molecule has 0 aromatic heterocycles. The minimum absolute atomic E-state index is 0.0249. The van der Waals surface area contributed by atoms with Crippen LogP contribution in [0.4, 0.5) is 18.9 Å². The van der Waals surface area contributed by atoms with Crippen molar-refractivity contribution < 1.29 is 22.6 Å². The molecule has 1 aliphatic heterocycles. The Hall–Kier alpha value is -2.36. The van der Waals surface area contributed by atoms with Crippen molar-refractivity contribution in [3.63, 3.8) is 0 Å². The first kappa shape index (κ1) is 19.0. The number of ether oxygens (including phenoxy) is 2. The summed E-state index contributed by atoms with van der Waals surface area (Å²) in [6.07, 6.45) is -4.22. The second-order valence-electron chi connectivity index (χ2n) is 6.80. The highest BCUT2D eigenvalue weighted by molar-refractivity contribution is 6.32. The second-order valence-corrected chi connectivity index (χ2v) is 7.21. The van der Waals surface area contributed by atoms with Crippen LogP contribution in [0.2, 0.25) is 5.02 Å². The molecule has 4 rings (SSSR count). The van der Waals surface area contributed by atoms with Gasteiger partial charge in [-0.15, -0.1) is 0 Å². The zero-order chi connectivity index (χ0) is 19.9. The van der Waals surface area contributed by atoms with Crippen molar-refractivity contribution in [1.82, 2.24) is 0 Å². The highest BCUT2D eigenvalue weighted by Crippen LogP contribution is 2.53. The minimum atomic E-state index is -4.78. The van der Waals surface area contributed by atoms with E-state index in [1.54, 1.807) is 36.4 Å². The molecule has 7 heteroatoms. The van der Waals surface area contributed by atoms with E-state index in [1.807, 2.05) is 0 Å². The van der Waals surface area contributed by atoms with Crippen molar-refractivity contribution in [3.05, 3.63) is 58.6 Å². The molecule has 3 nitrogen and oxygen atoms in total. The fourth-order valence-electron chi connectivity index (χ4n) is 3.14. The number of nitrogens with one attached hydrogen (secondary N) is 1. The quantitative estimate of drug-likeness (QED) is 0.651. The van der Waals surface area contributed by atoms with Crippen molar-refractivity contribution in [2.45, 2.75) is 30.8 Å². The maximum Gasteiger partial charge on any atom is 0.433 e. The van der Waals surface area contributed by atoms with Crippen LogP contribution in [0.3, 0.4) is 0 Å². The van der Waals surface area contributed by atoms with E-state index in [0.717, 1.165) is 12.8 Å². The first-order valence-electron chi connectivity index (χ1n) is 8.81. The summed E-state index contributed by atoms with van der Waals surface area (Å²) in [6, 6.07) is 11.2. The van der Waals surface area contributed by atoms with Crippen molar-refractivity contribution in [2.24, 2.45) is 5.92 Å². The molecule has 2 aromatic carbocycles. The Kier molecular flexibility index (Phi) is 4.68. The summed E-state index contributed by atoms with van der Waals surface area (Å²) in [6.45, 7) is 0. The van der Waals surface area contributed by atoms with Crippen LogP contribution >= 0.6 is 11.6 Å². The Balaban J connectivity index is 1.86. The lowest BCUT2D eigenvalue weighted by molar-refractivity contribution is -0.273. The Labute approximate surface area is 165 Å². The van der Waals surface area contributed by atoms with Crippen LogP contribution in [-0.2, 0) is 10.3 Å². The van der Waals surface area contributed by atoms with E-state index in [2.05, 4.69) is 17.2 Å². The molecule has 28 heavy (non-hydrogen) atoms. The Morgan fingerprint density at radius 1 is 1.18 bits per heavy atom. The molecule has 2 aromatic rings. The Morgan fingerprint density at radius 2 is 1.89 bits per heavy atom. The van der Waals surface area contributed by atoms with Gasteiger partial charge in [0.25, 0.3) is 5.60 Å². The van der Waals surface area contributed by atoms with Crippen molar-refractivity contribution >= 4 is 17.3 Å². The van der Waals surface area contributed by atoms with Gasteiger partial charge < -0.3 is 14.8 Å². The lowest BCUT2D eigenvalue weighted by Crippen LogP contribution is -2.49. The molecular formula is C21H17ClF3NO2. The summed E-state index contributed by atoms with van der Waals surface area (Å²) in [7, 11) is 1.52. The third kappa shape index (κ3) is 3.30. The minimum Gasteiger partial charge on any atom is -0.497 e. The van der Waals surface area contributed by atoms with Gasteiger partial charge in [-0.3, -0.25) is 0 Å².